The fraction of sp³-hybridized carbons (Fsp3) is 0.667. The zero-order chi connectivity index (χ0) is 14.1. The highest BCUT2D eigenvalue weighted by atomic mass is 32.2. The fourth-order valence-electron chi connectivity index (χ4n) is 1.45. The number of ether oxygens (including phenoxy) is 1. The Morgan fingerprint density at radius 2 is 2.16 bits per heavy atom. The Morgan fingerprint density at radius 3 is 2.84 bits per heavy atom. The molecule has 19 heavy (non-hydrogen) atoms. The van der Waals surface area contributed by atoms with Crippen molar-refractivity contribution < 1.29 is 13.2 Å². The van der Waals surface area contributed by atoms with Crippen molar-refractivity contribution in [3.8, 4) is 0 Å². The van der Waals surface area contributed by atoms with Crippen LogP contribution in [0.1, 0.15) is 24.6 Å². The molecule has 5 nitrogen and oxygen atoms in total. The minimum absolute atomic E-state index is 0.302. The molecule has 0 radical (unpaired) electrons. The highest BCUT2D eigenvalue weighted by molar-refractivity contribution is 7.91. The van der Waals surface area contributed by atoms with Crippen molar-refractivity contribution >= 4 is 21.4 Å². The Kier molecular flexibility index (Phi) is 7.55. The molecule has 0 atom stereocenters. The predicted octanol–water partition coefficient (Wildman–Crippen LogP) is 1.34. The van der Waals surface area contributed by atoms with E-state index in [2.05, 4.69) is 11.6 Å². The summed E-state index contributed by atoms with van der Waals surface area (Å²) in [7, 11) is -3.40. The molecule has 110 valence electrons. The van der Waals surface area contributed by atoms with Crippen LogP contribution in [0.25, 0.3) is 0 Å². The van der Waals surface area contributed by atoms with Crippen LogP contribution in [0.5, 0.6) is 0 Å². The van der Waals surface area contributed by atoms with Crippen molar-refractivity contribution in [3.05, 3.63) is 17.0 Å². The van der Waals surface area contributed by atoms with Crippen LogP contribution in [0.2, 0.25) is 0 Å². The summed E-state index contributed by atoms with van der Waals surface area (Å²) in [4.78, 5) is 0.988. The van der Waals surface area contributed by atoms with Crippen molar-refractivity contribution in [2.75, 3.05) is 26.3 Å². The van der Waals surface area contributed by atoms with Gasteiger partial charge in [-0.3, -0.25) is 0 Å². The normalized spacial score (nSPS) is 11.9. The first-order chi connectivity index (χ1) is 9.10. The molecule has 0 aromatic carbocycles. The maximum absolute atomic E-state index is 12.0. The maximum atomic E-state index is 12.0. The SMILES string of the molecule is CCCCOCCNS(=O)(=O)c1ccc(CCN)s1. The Bertz CT molecular complexity index is 457. The van der Waals surface area contributed by atoms with Gasteiger partial charge in [-0.2, -0.15) is 0 Å². The number of nitrogens with one attached hydrogen (secondary N) is 1. The summed E-state index contributed by atoms with van der Waals surface area (Å²) in [6, 6.07) is 3.43. The van der Waals surface area contributed by atoms with Gasteiger partial charge in [0.25, 0.3) is 0 Å². The Hall–Kier alpha value is -0.470. The monoisotopic (exact) mass is 306 g/mol. The summed E-state index contributed by atoms with van der Waals surface area (Å²) < 4.78 is 32.1. The van der Waals surface area contributed by atoms with E-state index in [1.165, 1.54) is 11.3 Å². The topological polar surface area (TPSA) is 81.4 Å². The number of hydrogen-bond acceptors (Lipinski definition) is 5. The Labute approximate surface area is 119 Å². The molecule has 0 amide bonds. The third-order valence-corrected chi connectivity index (χ3v) is 5.57. The van der Waals surface area contributed by atoms with Gasteiger partial charge < -0.3 is 10.5 Å². The molecule has 0 aliphatic rings. The van der Waals surface area contributed by atoms with E-state index in [1.54, 1.807) is 6.07 Å². The average molecular weight is 306 g/mol. The molecule has 1 aromatic heterocycles. The van der Waals surface area contributed by atoms with Crippen LogP contribution in [-0.2, 0) is 21.2 Å². The number of unbranched alkanes of at least 4 members (excludes halogenated alkanes) is 1. The second kappa shape index (κ2) is 8.65. The zero-order valence-corrected chi connectivity index (χ0v) is 12.9. The van der Waals surface area contributed by atoms with E-state index in [1.807, 2.05) is 6.07 Å². The lowest BCUT2D eigenvalue weighted by molar-refractivity contribution is 0.136. The molecule has 0 aliphatic carbocycles. The molecule has 3 N–H and O–H groups in total. The first-order valence-corrected chi connectivity index (χ1v) is 8.76. The van der Waals surface area contributed by atoms with Crippen molar-refractivity contribution in [2.45, 2.75) is 30.4 Å². The largest absolute Gasteiger partial charge is 0.380 e. The molecule has 0 bridgehead atoms. The molecule has 0 fully saturated rings. The molecule has 1 heterocycles. The summed E-state index contributed by atoms with van der Waals surface area (Å²) in [6.45, 7) is 3.99. The second-order valence-corrected chi connectivity index (χ2v) is 7.29. The van der Waals surface area contributed by atoms with E-state index >= 15 is 0 Å². The lowest BCUT2D eigenvalue weighted by Gasteiger charge is -2.05. The summed E-state index contributed by atoms with van der Waals surface area (Å²) in [5, 5.41) is 0. The van der Waals surface area contributed by atoms with Gasteiger partial charge in [0.05, 0.1) is 6.61 Å². The van der Waals surface area contributed by atoms with Gasteiger partial charge in [-0.25, -0.2) is 13.1 Å². The van der Waals surface area contributed by atoms with Gasteiger partial charge in [-0.1, -0.05) is 13.3 Å². The van der Waals surface area contributed by atoms with Crippen LogP contribution in [0.15, 0.2) is 16.3 Å². The average Bonchev–Trinajstić information content (AvgIpc) is 2.83. The van der Waals surface area contributed by atoms with Gasteiger partial charge in [0.2, 0.25) is 10.0 Å². The van der Waals surface area contributed by atoms with Crippen molar-refractivity contribution in [1.29, 1.82) is 0 Å². The lowest BCUT2D eigenvalue weighted by atomic mass is 10.3. The highest BCUT2D eigenvalue weighted by Crippen LogP contribution is 2.21. The van der Waals surface area contributed by atoms with Crippen LogP contribution >= 0.6 is 11.3 Å². The molecule has 0 aliphatic heterocycles. The molecule has 0 saturated carbocycles. The molecular formula is C12H22N2O3S2. The van der Waals surface area contributed by atoms with Gasteiger partial charge in [-0.05, 0) is 31.5 Å². The van der Waals surface area contributed by atoms with Crippen LogP contribution in [0.3, 0.4) is 0 Å². The van der Waals surface area contributed by atoms with Gasteiger partial charge in [-0.15, -0.1) is 11.3 Å². The molecule has 1 rings (SSSR count). The second-order valence-electron chi connectivity index (χ2n) is 4.12. The number of sulfonamides is 1. The minimum Gasteiger partial charge on any atom is -0.380 e. The van der Waals surface area contributed by atoms with Crippen LogP contribution < -0.4 is 10.5 Å². The quantitative estimate of drug-likeness (QED) is 0.639. The van der Waals surface area contributed by atoms with E-state index in [9.17, 15) is 8.42 Å². The van der Waals surface area contributed by atoms with E-state index in [-0.39, 0.29) is 0 Å². The highest BCUT2D eigenvalue weighted by Gasteiger charge is 2.15. The van der Waals surface area contributed by atoms with Crippen LogP contribution in [-0.4, -0.2) is 34.7 Å². The third-order valence-electron chi connectivity index (χ3n) is 2.47. The van der Waals surface area contributed by atoms with E-state index in [0.717, 1.165) is 17.7 Å². The molecule has 0 unspecified atom stereocenters. The molecule has 7 heteroatoms. The molecule has 1 aromatic rings. The summed E-state index contributed by atoms with van der Waals surface area (Å²) in [5.41, 5.74) is 5.44. The summed E-state index contributed by atoms with van der Waals surface area (Å²) in [5.74, 6) is 0. The lowest BCUT2D eigenvalue weighted by Crippen LogP contribution is -2.26. The number of thiophene rings is 1. The number of hydrogen-bond donors (Lipinski definition) is 2. The van der Waals surface area contributed by atoms with Crippen molar-refractivity contribution in [3.63, 3.8) is 0 Å². The molecule has 0 saturated heterocycles. The Balaban J connectivity index is 2.38. The van der Waals surface area contributed by atoms with Crippen molar-refractivity contribution in [2.24, 2.45) is 5.73 Å². The standard InChI is InChI=1S/C12H22N2O3S2/c1-2-3-9-17-10-8-14-19(15,16)12-5-4-11(18-12)6-7-13/h4-5,14H,2-3,6-10,13H2,1H3. The smallest absolute Gasteiger partial charge is 0.250 e. The first kappa shape index (κ1) is 16.6. The molecular weight excluding hydrogens is 284 g/mol. The number of nitrogens with two attached hydrogens (primary N) is 1. The first-order valence-electron chi connectivity index (χ1n) is 6.46. The minimum atomic E-state index is -3.40. The van der Waals surface area contributed by atoms with Gasteiger partial charge >= 0.3 is 0 Å². The Morgan fingerprint density at radius 1 is 1.37 bits per heavy atom. The zero-order valence-electron chi connectivity index (χ0n) is 11.2. The maximum Gasteiger partial charge on any atom is 0.250 e. The van der Waals surface area contributed by atoms with E-state index in [4.69, 9.17) is 10.5 Å². The van der Waals surface area contributed by atoms with E-state index < -0.39 is 10.0 Å². The van der Waals surface area contributed by atoms with Crippen LogP contribution in [0, 0.1) is 0 Å². The third kappa shape index (κ3) is 6.01. The predicted molar refractivity (Wildman–Crippen MR) is 78.0 cm³/mol. The van der Waals surface area contributed by atoms with Gasteiger partial charge in [0.1, 0.15) is 4.21 Å². The van der Waals surface area contributed by atoms with Gasteiger partial charge in [0, 0.05) is 18.0 Å². The number of rotatable bonds is 10. The fourth-order valence-corrected chi connectivity index (χ4v) is 3.88. The summed E-state index contributed by atoms with van der Waals surface area (Å²) in [6.07, 6.45) is 2.78. The van der Waals surface area contributed by atoms with Crippen LogP contribution in [0.4, 0.5) is 0 Å². The van der Waals surface area contributed by atoms with Gasteiger partial charge in [0.15, 0.2) is 0 Å². The summed E-state index contributed by atoms with van der Waals surface area (Å²) >= 11 is 1.27. The van der Waals surface area contributed by atoms with Crippen molar-refractivity contribution in [1.82, 2.24) is 4.72 Å². The molecule has 0 spiro atoms. The van der Waals surface area contributed by atoms with E-state index in [0.29, 0.717) is 36.9 Å².